The first-order valence-corrected chi connectivity index (χ1v) is 5.95. The van der Waals surface area contributed by atoms with E-state index in [0.717, 1.165) is 28.5 Å². The van der Waals surface area contributed by atoms with E-state index >= 15 is 0 Å². The topological polar surface area (TPSA) is 52.8 Å². The second-order valence-electron chi connectivity index (χ2n) is 5.12. The minimum Gasteiger partial charge on any atom is -0.516 e. The molecule has 0 radical (unpaired) electrons. The monoisotopic (exact) mass is 247 g/mol. The van der Waals surface area contributed by atoms with Gasteiger partial charge < -0.3 is 10.2 Å². The standard InChI is InChI=1S/C15H21NO2/c1-10-6-13(18)7-11(2)14(10)8-16-15(4,5)12(3)9-17/h6-9,17-18H,1-5H3. The van der Waals surface area contributed by atoms with Crippen LogP contribution >= 0.6 is 0 Å². The van der Waals surface area contributed by atoms with Crippen molar-refractivity contribution in [1.82, 2.24) is 0 Å². The summed E-state index contributed by atoms with van der Waals surface area (Å²) in [6.45, 7) is 9.60. The summed E-state index contributed by atoms with van der Waals surface area (Å²) in [5.41, 5.74) is 3.33. The third kappa shape index (κ3) is 3.13. The van der Waals surface area contributed by atoms with Crippen molar-refractivity contribution in [1.29, 1.82) is 0 Å². The Bertz CT molecular complexity index is 476. The number of hydrogen-bond donors (Lipinski definition) is 2. The lowest BCUT2D eigenvalue weighted by atomic mass is 9.97. The summed E-state index contributed by atoms with van der Waals surface area (Å²) < 4.78 is 0. The minimum absolute atomic E-state index is 0.271. The van der Waals surface area contributed by atoms with E-state index in [9.17, 15) is 5.11 Å². The first-order valence-electron chi connectivity index (χ1n) is 5.95. The Balaban J connectivity index is 3.13. The Morgan fingerprint density at radius 1 is 1.22 bits per heavy atom. The molecule has 3 heteroatoms. The molecule has 18 heavy (non-hydrogen) atoms. The van der Waals surface area contributed by atoms with Crippen LogP contribution in [0, 0.1) is 13.8 Å². The molecule has 0 atom stereocenters. The van der Waals surface area contributed by atoms with Crippen molar-refractivity contribution in [2.75, 3.05) is 0 Å². The van der Waals surface area contributed by atoms with Gasteiger partial charge in [0.05, 0.1) is 11.8 Å². The largest absolute Gasteiger partial charge is 0.516 e. The number of rotatable bonds is 3. The fourth-order valence-corrected chi connectivity index (χ4v) is 1.64. The van der Waals surface area contributed by atoms with Gasteiger partial charge in [0.2, 0.25) is 0 Å². The van der Waals surface area contributed by atoms with Gasteiger partial charge in [0.15, 0.2) is 0 Å². The zero-order valence-corrected chi connectivity index (χ0v) is 11.7. The highest BCUT2D eigenvalue weighted by molar-refractivity contribution is 5.84. The molecule has 0 bridgehead atoms. The SMILES string of the molecule is CC(=CO)C(C)(C)N=Cc1c(C)cc(O)cc1C. The number of aliphatic imine (C=N–C) groups is 1. The lowest BCUT2D eigenvalue weighted by molar-refractivity contribution is 0.450. The molecule has 1 aromatic rings. The van der Waals surface area contributed by atoms with Crippen molar-refractivity contribution in [2.24, 2.45) is 4.99 Å². The van der Waals surface area contributed by atoms with Crippen LogP contribution in [0.15, 0.2) is 29.0 Å². The predicted octanol–water partition coefficient (Wildman–Crippen LogP) is 3.67. The Kier molecular flexibility index (Phi) is 4.17. The number of aliphatic hydroxyl groups is 1. The van der Waals surface area contributed by atoms with Crippen molar-refractivity contribution < 1.29 is 10.2 Å². The molecule has 1 rings (SSSR count). The van der Waals surface area contributed by atoms with Crippen molar-refractivity contribution in [3.8, 4) is 5.75 Å². The fraction of sp³-hybridized carbons (Fsp3) is 0.400. The van der Waals surface area contributed by atoms with Gasteiger partial charge >= 0.3 is 0 Å². The van der Waals surface area contributed by atoms with Gasteiger partial charge in [-0.05, 0) is 69.0 Å². The second-order valence-corrected chi connectivity index (χ2v) is 5.12. The van der Waals surface area contributed by atoms with Crippen LogP contribution in [-0.2, 0) is 0 Å². The molecule has 0 amide bonds. The Hall–Kier alpha value is -1.77. The molecule has 0 saturated heterocycles. The summed E-state index contributed by atoms with van der Waals surface area (Å²) in [4.78, 5) is 4.51. The quantitative estimate of drug-likeness (QED) is 0.632. The molecule has 0 aliphatic rings. The van der Waals surface area contributed by atoms with Crippen LogP contribution in [-0.4, -0.2) is 22.0 Å². The van der Waals surface area contributed by atoms with E-state index in [1.54, 1.807) is 18.3 Å². The first kappa shape index (κ1) is 14.3. The molecule has 0 saturated carbocycles. The molecule has 0 unspecified atom stereocenters. The van der Waals surface area contributed by atoms with E-state index in [2.05, 4.69) is 4.99 Å². The van der Waals surface area contributed by atoms with Crippen LogP contribution in [0.1, 0.15) is 37.5 Å². The van der Waals surface area contributed by atoms with Gasteiger partial charge in [-0.25, -0.2) is 0 Å². The van der Waals surface area contributed by atoms with E-state index in [-0.39, 0.29) is 5.75 Å². The van der Waals surface area contributed by atoms with Crippen molar-refractivity contribution in [2.45, 2.75) is 40.2 Å². The summed E-state index contributed by atoms with van der Waals surface area (Å²) in [6.07, 6.45) is 2.89. The smallest absolute Gasteiger partial charge is 0.116 e. The van der Waals surface area contributed by atoms with Gasteiger partial charge in [-0.3, -0.25) is 4.99 Å². The van der Waals surface area contributed by atoms with Crippen LogP contribution in [0.25, 0.3) is 0 Å². The van der Waals surface area contributed by atoms with Gasteiger partial charge in [-0.1, -0.05) is 0 Å². The summed E-state index contributed by atoms with van der Waals surface area (Å²) in [7, 11) is 0. The van der Waals surface area contributed by atoms with Crippen LogP contribution in [0.3, 0.4) is 0 Å². The Morgan fingerprint density at radius 2 is 1.72 bits per heavy atom. The van der Waals surface area contributed by atoms with Gasteiger partial charge in [0.25, 0.3) is 0 Å². The third-order valence-corrected chi connectivity index (χ3v) is 3.25. The van der Waals surface area contributed by atoms with E-state index in [0.29, 0.717) is 0 Å². The van der Waals surface area contributed by atoms with Crippen molar-refractivity contribution in [3.63, 3.8) is 0 Å². The van der Waals surface area contributed by atoms with Crippen molar-refractivity contribution in [3.05, 3.63) is 40.7 Å². The maximum absolute atomic E-state index is 9.49. The average Bonchev–Trinajstić information content (AvgIpc) is 2.26. The van der Waals surface area contributed by atoms with Crippen LogP contribution in [0.2, 0.25) is 0 Å². The molecular weight excluding hydrogens is 226 g/mol. The Labute approximate surface area is 109 Å². The molecular formula is C15H21NO2. The maximum Gasteiger partial charge on any atom is 0.116 e. The normalized spacial score (nSPS) is 13.3. The molecule has 0 aliphatic heterocycles. The average molecular weight is 247 g/mol. The Morgan fingerprint density at radius 3 is 2.17 bits per heavy atom. The fourth-order valence-electron chi connectivity index (χ4n) is 1.64. The number of nitrogens with zero attached hydrogens (tertiary/aromatic N) is 1. The maximum atomic E-state index is 9.49. The third-order valence-electron chi connectivity index (χ3n) is 3.25. The molecule has 1 aromatic carbocycles. The number of hydrogen-bond acceptors (Lipinski definition) is 3. The first-order chi connectivity index (χ1) is 8.27. The van der Waals surface area contributed by atoms with Crippen LogP contribution < -0.4 is 0 Å². The number of aryl methyl sites for hydroxylation is 2. The van der Waals surface area contributed by atoms with Gasteiger partial charge in [0, 0.05) is 6.21 Å². The number of aliphatic hydroxyl groups excluding tert-OH is 1. The van der Waals surface area contributed by atoms with Gasteiger partial charge in [-0.2, -0.15) is 0 Å². The zero-order valence-electron chi connectivity index (χ0n) is 11.7. The summed E-state index contributed by atoms with van der Waals surface area (Å²) in [6, 6.07) is 3.44. The molecule has 98 valence electrons. The zero-order chi connectivity index (χ0) is 13.9. The van der Waals surface area contributed by atoms with Crippen LogP contribution in [0.5, 0.6) is 5.75 Å². The van der Waals surface area contributed by atoms with E-state index in [4.69, 9.17) is 5.11 Å². The second kappa shape index (κ2) is 5.25. The number of benzene rings is 1. The molecule has 2 N–H and O–H groups in total. The summed E-state index contributed by atoms with van der Waals surface area (Å²) in [5.74, 6) is 0.271. The molecule has 0 fully saturated rings. The molecule has 3 nitrogen and oxygen atoms in total. The highest BCUT2D eigenvalue weighted by Gasteiger charge is 2.18. The number of aromatic hydroxyl groups is 1. The van der Waals surface area contributed by atoms with E-state index < -0.39 is 5.54 Å². The van der Waals surface area contributed by atoms with Gasteiger partial charge in [-0.15, -0.1) is 0 Å². The van der Waals surface area contributed by atoms with E-state index in [1.165, 1.54) is 0 Å². The van der Waals surface area contributed by atoms with Crippen molar-refractivity contribution >= 4 is 6.21 Å². The number of phenolic OH excluding ortho intramolecular Hbond substituents is 1. The number of phenols is 1. The predicted molar refractivity (Wildman–Crippen MR) is 75.6 cm³/mol. The van der Waals surface area contributed by atoms with E-state index in [1.807, 2.05) is 34.6 Å². The lowest BCUT2D eigenvalue weighted by Gasteiger charge is -2.20. The molecule has 0 aliphatic carbocycles. The molecule has 0 spiro atoms. The summed E-state index contributed by atoms with van der Waals surface area (Å²) >= 11 is 0. The highest BCUT2D eigenvalue weighted by Crippen LogP contribution is 2.22. The summed E-state index contributed by atoms with van der Waals surface area (Å²) in [5, 5.41) is 18.5. The molecule has 0 heterocycles. The molecule has 0 aromatic heterocycles. The van der Waals surface area contributed by atoms with Crippen LogP contribution in [0.4, 0.5) is 0 Å². The lowest BCUT2D eigenvalue weighted by Crippen LogP contribution is -2.18. The van der Waals surface area contributed by atoms with Gasteiger partial charge in [0.1, 0.15) is 5.75 Å². The highest BCUT2D eigenvalue weighted by atomic mass is 16.3. The minimum atomic E-state index is -0.439.